The molecule has 3 aromatic rings. The lowest BCUT2D eigenvalue weighted by molar-refractivity contribution is 0.103. The molecule has 0 aliphatic heterocycles. The molecule has 0 aliphatic carbocycles. The highest BCUT2D eigenvalue weighted by atomic mass is 32.1. The van der Waals surface area contributed by atoms with E-state index in [-0.39, 0.29) is 11.6 Å². The molecular formula is C16H14N2O3S. The van der Waals surface area contributed by atoms with Gasteiger partial charge in [-0.2, -0.15) is 0 Å². The van der Waals surface area contributed by atoms with Gasteiger partial charge in [-0.3, -0.25) is 4.79 Å². The van der Waals surface area contributed by atoms with Gasteiger partial charge in [-0.15, -0.1) is 11.3 Å². The largest absolute Gasteiger partial charge is 0.421 e. The van der Waals surface area contributed by atoms with Crippen LogP contribution in [0.3, 0.4) is 0 Å². The zero-order valence-corrected chi connectivity index (χ0v) is 12.7. The van der Waals surface area contributed by atoms with Crippen LogP contribution in [0.5, 0.6) is 0 Å². The molecule has 0 aliphatic rings. The Kier molecular flexibility index (Phi) is 3.93. The Bertz CT molecular complexity index is 869. The monoisotopic (exact) mass is 314 g/mol. The van der Waals surface area contributed by atoms with Crippen LogP contribution in [0, 0.1) is 0 Å². The molecule has 22 heavy (non-hydrogen) atoms. The Balaban J connectivity index is 2.11. The van der Waals surface area contributed by atoms with Gasteiger partial charge < -0.3 is 15.1 Å². The van der Waals surface area contributed by atoms with E-state index in [1.807, 2.05) is 24.4 Å². The molecule has 2 heterocycles. The molecule has 0 atom stereocenters. The molecule has 6 heteroatoms. The van der Waals surface area contributed by atoms with E-state index >= 15 is 0 Å². The van der Waals surface area contributed by atoms with Crippen LogP contribution in [0.15, 0.2) is 51.0 Å². The van der Waals surface area contributed by atoms with E-state index in [0.29, 0.717) is 22.7 Å². The van der Waals surface area contributed by atoms with E-state index in [1.165, 1.54) is 11.3 Å². The number of hydrogen-bond acceptors (Lipinski definition) is 5. The molecule has 1 aromatic carbocycles. The summed E-state index contributed by atoms with van der Waals surface area (Å²) in [7, 11) is 0. The lowest BCUT2D eigenvalue weighted by Gasteiger charge is -2.12. The third-order valence-electron chi connectivity index (χ3n) is 3.15. The van der Waals surface area contributed by atoms with Crippen molar-refractivity contribution in [2.45, 2.75) is 6.92 Å². The van der Waals surface area contributed by atoms with Crippen molar-refractivity contribution in [3.8, 4) is 0 Å². The second-order valence-electron chi connectivity index (χ2n) is 4.60. The number of rotatable bonds is 4. The Hall–Kier alpha value is -2.60. The maximum absolute atomic E-state index is 12.2. The molecule has 0 radical (unpaired) electrons. The second-order valence-corrected chi connectivity index (χ2v) is 5.55. The maximum Gasteiger partial charge on any atom is 0.362 e. The number of carbonyl (C=O) groups is 1. The van der Waals surface area contributed by atoms with Crippen molar-refractivity contribution in [1.82, 2.24) is 0 Å². The minimum Gasteiger partial charge on any atom is -0.421 e. The second kappa shape index (κ2) is 6.03. The van der Waals surface area contributed by atoms with Gasteiger partial charge in [0.25, 0.3) is 5.91 Å². The van der Waals surface area contributed by atoms with Crippen molar-refractivity contribution < 1.29 is 9.21 Å². The van der Waals surface area contributed by atoms with Crippen molar-refractivity contribution >= 4 is 39.6 Å². The summed E-state index contributed by atoms with van der Waals surface area (Å²) in [6.45, 7) is 2.55. The predicted octanol–water partition coefficient (Wildman–Crippen LogP) is 3.54. The van der Waals surface area contributed by atoms with Crippen molar-refractivity contribution in [2.75, 3.05) is 17.2 Å². The zero-order chi connectivity index (χ0) is 15.5. The van der Waals surface area contributed by atoms with Gasteiger partial charge in [-0.25, -0.2) is 4.79 Å². The standard InChI is InChI=1S/C16H14N2O3S/c1-2-17-13-10-6-3-4-7-11(10)21-16(20)14(13)18-15(19)12-8-5-9-22-12/h3-9,17H,2H2,1H3,(H,18,19). The molecule has 2 N–H and O–H groups in total. The van der Waals surface area contributed by atoms with Crippen molar-refractivity contribution in [2.24, 2.45) is 0 Å². The highest BCUT2D eigenvalue weighted by Gasteiger charge is 2.17. The summed E-state index contributed by atoms with van der Waals surface area (Å²) in [4.78, 5) is 25.0. The lowest BCUT2D eigenvalue weighted by atomic mass is 10.2. The first-order chi connectivity index (χ1) is 10.7. The molecule has 2 aromatic heterocycles. The fourth-order valence-corrected chi connectivity index (χ4v) is 2.83. The van der Waals surface area contributed by atoms with Crippen LogP contribution in [0.1, 0.15) is 16.6 Å². The van der Waals surface area contributed by atoms with Crippen LogP contribution in [-0.4, -0.2) is 12.5 Å². The van der Waals surface area contributed by atoms with Crippen molar-refractivity contribution in [1.29, 1.82) is 0 Å². The first kappa shape index (κ1) is 14.3. The normalized spacial score (nSPS) is 10.6. The molecule has 5 nitrogen and oxygen atoms in total. The summed E-state index contributed by atoms with van der Waals surface area (Å²) in [6.07, 6.45) is 0. The first-order valence-electron chi connectivity index (χ1n) is 6.85. The molecule has 0 bridgehead atoms. The molecule has 0 saturated carbocycles. The number of carbonyl (C=O) groups excluding carboxylic acids is 1. The summed E-state index contributed by atoms with van der Waals surface area (Å²) in [5, 5.41) is 8.36. The molecular weight excluding hydrogens is 300 g/mol. The average molecular weight is 314 g/mol. The Morgan fingerprint density at radius 2 is 2.00 bits per heavy atom. The van der Waals surface area contributed by atoms with E-state index in [0.717, 1.165) is 5.39 Å². The fourth-order valence-electron chi connectivity index (χ4n) is 2.21. The van der Waals surface area contributed by atoms with E-state index in [2.05, 4.69) is 10.6 Å². The van der Waals surface area contributed by atoms with Gasteiger partial charge in [0.15, 0.2) is 5.69 Å². The average Bonchev–Trinajstić information content (AvgIpc) is 3.05. The van der Waals surface area contributed by atoms with Gasteiger partial charge in [0, 0.05) is 11.9 Å². The van der Waals surface area contributed by atoms with Gasteiger partial charge >= 0.3 is 5.63 Å². The zero-order valence-electron chi connectivity index (χ0n) is 11.9. The quantitative estimate of drug-likeness (QED) is 0.723. The van der Waals surface area contributed by atoms with Gasteiger partial charge in [0.1, 0.15) is 5.58 Å². The number of benzene rings is 1. The third-order valence-corrected chi connectivity index (χ3v) is 4.02. The Morgan fingerprint density at radius 1 is 1.18 bits per heavy atom. The summed E-state index contributed by atoms with van der Waals surface area (Å²) in [5.74, 6) is -0.322. The summed E-state index contributed by atoms with van der Waals surface area (Å²) < 4.78 is 5.29. The van der Waals surface area contributed by atoms with Gasteiger partial charge in [0.2, 0.25) is 0 Å². The highest BCUT2D eigenvalue weighted by molar-refractivity contribution is 7.12. The van der Waals surface area contributed by atoms with Gasteiger partial charge in [-0.05, 0) is 30.5 Å². The Labute approximate surface area is 130 Å². The molecule has 0 unspecified atom stereocenters. The molecule has 112 valence electrons. The summed E-state index contributed by atoms with van der Waals surface area (Å²) in [5.41, 5.74) is 0.635. The topological polar surface area (TPSA) is 71.3 Å². The van der Waals surface area contributed by atoms with E-state index < -0.39 is 5.63 Å². The van der Waals surface area contributed by atoms with Crippen LogP contribution in [0.25, 0.3) is 11.0 Å². The maximum atomic E-state index is 12.2. The van der Waals surface area contributed by atoms with Crippen LogP contribution in [-0.2, 0) is 0 Å². The van der Waals surface area contributed by atoms with Crippen LogP contribution in [0.4, 0.5) is 11.4 Å². The smallest absolute Gasteiger partial charge is 0.362 e. The lowest BCUT2D eigenvalue weighted by Crippen LogP contribution is -2.19. The molecule has 0 spiro atoms. The highest BCUT2D eigenvalue weighted by Crippen LogP contribution is 2.28. The number of para-hydroxylation sites is 1. The van der Waals surface area contributed by atoms with E-state index in [9.17, 15) is 9.59 Å². The van der Waals surface area contributed by atoms with Gasteiger partial charge in [-0.1, -0.05) is 18.2 Å². The van der Waals surface area contributed by atoms with Crippen molar-refractivity contribution in [3.63, 3.8) is 0 Å². The fraction of sp³-hybridized carbons (Fsp3) is 0.125. The molecule has 0 fully saturated rings. The first-order valence-corrected chi connectivity index (χ1v) is 7.73. The summed E-state index contributed by atoms with van der Waals surface area (Å²) >= 11 is 1.31. The number of nitrogens with one attached hydrogen (secondary N) is 2. The van der Waals surface area contributed by atoms with Crippen molar-refractivity contribution in [3.05, 3.63) is 57.1 Å². The third kappa shape index (κ3) is 2.60. The van der Waals surface area contributed by atoms with Crippen LogP contribution >= 0.6 is 11.3 Å². The predicted molar refractivity (Wildman–Crippen MR) is 88.9 cm³/mol. The SMILES string of the molecule is CCNc1c(NC(=O)c2cccs2)c(=O)oc2ccccc12. The minimum atomic E-state index is -0.570. The summed E-state index contributed by atoms with van der Waals surface area (Å²) in [6, 6.07) is 10.7. The van der Waals surface area contributed by atoms with Crippen LogP contribution in [0.2, 0.25) is 0 Å². The van der Waals surface area contributed by atoms with E-state index in [1.54, 1.807) is 24.3 Å². The number of anilines is 2. The van der Waals surface area contributed by atoms with E-state index in [4.69, 9.17) is 4.42 Å². The molecule has 1 amide bonds. The number of fused-ring (bicyclic) bond motifs is 1. The minimum absolute atomic E-state index is 0.138. The number of hydrogen-bond donors (Lipinski definition) is 2. The van der Waals surface area contributed by atoms with Gasteiger partial charge in [0.05, 0.1) is 10.6 Å². The number of thiophene rings is 1. The molecule has 0 saturated heterocycles. The van der Waals surface area contributed by atoms with Crippen LogP contribution < -0.4 is 16.3 Å². The number of amides is 1. The molecule has 3 rings (SSSR count). The Morgan fingerprint density at radius 3 is 2.73 bits per heavy atom.